The van der Waals surface area contributed by atoms with E-state index in [1.807, 2.05) is 35.4 Å². The summed E-state index contributed by atoms with van der Waals surface area (Å²) in [5, 5.41) is 0. The maximum absolute atomic E-state index is 12.8. The van der Waals surface area contributed by atoms with Crippen molar-refractivity contribution in [1.82, 2.24) is 14.9 Å². The molecule has 1 aromatic heterocycles. The number of hydrogen-bond acceptors (Lipinski definition) is 5. The van der Waals surface area contributed by atoms with Gasteiger partial charge in [-0.3, -0.25) is 4.79 Å². The van der Waals surface area contributed by atoms with Crippen LogP contribution in [0.4, 0.5) is 5.95 Å². The van der Waals surface area contributed by atoms with Crippen LogP contribution in [-0.2, 0) is 17.7 Å². The van der Waals surface area contributed by atoms with Crippen LogP contribution in [0.3, 0.4) is 0 Å². The molecule has 25 heavy (non-hydrogen) atoms. The number of rotatable bonds is 2. The number of fused-ring (bicyclic) bond motifs is 1. The van der Waals surface area contributed by atoms with E-state index in [-0.39, 0.29) is 5.91 Å². The lowest BCUT2D eigenvalue weighted by Crippen LogP contribution is -2.39. The first kappa shape index (κ1) is 16.5. The summed E-state index contributed by atoms with van der Waals surface area (Å²) >= 11 is 3.43. The van der Waals surface area contributed by atoms with Gasteiger partial charge in [-0.05, 0) is 30.2 Å². The number of amides is 1. The molecule has 0 spiro atoms. The lowest BCUT2D eigenvalue weighted by Gasteiger charge is -2.30. The lowest BCUT2D eigenvalue weighted by molar-refractivity contribution is 0.0731. The molecule has 6 nitrogen and oxygen atoms in total. The second-order valence-electron chi connectivity index (χ2n) is 6.23. The number of aromatic nitrogens is 2. The number of morpholine rings is 1. The fraction of sp³-hybridized carbons (Fsp3) is 0.389. The quantitative estimate of drug-likeness (QED) is 0.770. The first-order valence-corrected chi connectivity index (χ1v) is 9.22. The second-order valence-corrected chi connectivity index (χ2v) is 7.14. The van der Waals surface area contributed by atoms with Crippen LogP contribution in [0, 0.1) is 0 Å². The van der Waals surface area contributed by atoms with Gasteiger partial charge in [-0.15, -0.1) is 0 Å². The van der Waals surface area contributed by atoms with Gasteiger partial charge in [0.25, 0.3) is 5.91 Å². The van der Waals surface area contributed by atoms with Crippen LogP contribution < -0.4 is 4.90 Å². The van der Waals surface area contributed by atoms with Crippen molar-refractivity contribution < 1.29 is 9.53 Å². The maximum atomic E-state index is 12.8. The third-order valence-electron chi connectivity index (χ3n) is 4.59. The van der Waals surface area contributed by atoms with Gasteiger partial charge in [0.1, 0.15) is 0 Å². The Morgan fingerprint density at radius 2 is 2.04 bits per heavy atom. The summed E-state index contributed by atoms with van der Waals surface area (Å²) in [5.41, 5.74) is 2.78. The Bertz CT molecular complexity index is 792. The van der Waals surface area contributed by atoms with Gasteiger partial charge in [-0.2, -0.15) is 0 Å². The average Bonchev–Trinajstić information content (AvgIpc) is 2.67. The van der Waals surface area contributed by atoms with Crippen molar-refractivity contribution >= 4 is 27.8 Å². The SMILES string of the molecule is O=C(c1cccc(Br)c1)N1CCc2cnc(N3CCOCC3)nc2C1. The second kappa shape index (κ2) is 7.09. The molecule has 4 rings (SSSR count). The van der Waals surface area contributed by atoms with E-state index in [2.05, 4.69) is 25.8 Å². The predicted octanol–water partition coefficient (Wildman–Crippen LogP) is 2.27. The highest BCUT2D eigenvalue weighted by molar-refractivity contribution is 9.10. The van der Waals surface area contributed by atoms with Crippen molar-refractivity contribution in [1.29, 1.82) is 0 Å². The molecule has 2 aromatic rings. The minimum atomic E-state index is 0.0403. The monoisotopic (exact) mass is 402 g/mol. The highest BCUT2D eigenvalue weighted by atomic mass is 79.9. The number of halogens is 1. The molecule has 1 amide bonds. The van der Waals surface area contributed by atoms with Gasteiger partial charge in [0.05, 0.1) is 25.5 Å². The van der Waals surface area contributed by atoms with Crippen molar-refractivity contribution in [3.63, 3.8) is 0 Å². The summed E-state index contributed by atoms with van der Waals surface area (Å²) in [7, 11) is 0. The van der Waals surface area contributed by atoms with E-state index in [0.29, 0.717) is 31.9 Å². The van der Waals surface area contributed by atoms with Crippen molar-refractivity contribution in [3.8, 4) is 0 Å². The molecule has 1 aromatic carbocycles. The molecular formula is C18H19BrN4O2. The summed E-state index contributed by atoms with van der Waals surface area (Å²) in [6.45, 7) is 4.24. The molecule has 130 valence electrons. The Kier molecular flexibility index (Phi) is 4.67. The molecule has 3 heterocycles. The van der Waals surface area contributed by atoms with Gasteiger partial charge in [0.15, 0.2) is 0 Å². The molecule has 0 bridgehead atoms. The molecule has 1 fully saturated rings. The van der Waals surface area contributed by atoms with E-state index in [0.717, 1.165) is 41.2 Å². The van der Waals surface area contributed by atoms with E-state index >= 15 is 0 Å². The fourth-order valence-corrected chi connectivity index (χ4v) is 3.58. The molecule has 7 heteroatoms. The predicted molar refractivity (Wildman–Crippen MR) is 97.7 cm³/mol. The van der Waals surface area contributed by atoms with Gasteiger partial charge in [0, 0.05) is 35.9 Å². The molecule has 0 radical (unpaired) electrons. The van der Waals surface area contributed by atoms with E-state index in [9.17, 15) is 4.79 Å². The van der Waals surface area contributed by atoms with E-state index in [4.69, 9.17) is 9.72 Å². The third kappa shape index (κ3) is 3.52. The minimum absolute atomic E-state index is 0.0403. The molecule has 2 aliphatic rings. The van der Waals surface area contributed by atoms with Gasteiger partial charge in [-0.25, -0.2) is 9.97 Å². The first-order valence-electron chi connectivity index (χ1n) is 8.43. The van der Waals surface area contributed by atoms with E-state index < -0.39 is 0 Å². The Hall–Kier alpha value is -1.99. The molecule has 0 aliphatic carbocycles. The van der Waals surface area contributed by atoms with Crippen LogP contribution in [0.1, 0.15) is 21.6 Å². The largest absolute Gasteiger partial charge is 0.378 e. The molecule has 2 aliphatic heterocycles. The standard InChI is InChI=1S/C18H19BrN4O2/c19-15-3-1-2-13(10-15)17(24)23-5-4-14-11-20-18(21-16(14)12-23)22-6-8-25-9-7-22/h1-3,10-11H,4-9,12H2. The fourth-order valence-electron chi connectivity index (χ4n) is 3.19. The number of carbonyl (C=O) groups excluding carboxylic acids is 1. The maximum Gasteiger partial charge on any atom is 0.254 e. The number of anilines is 1. The van der Waals surface area contributed by atoms with Crippen molar-refractivity contribution in [2.75, 3.05) is 37.7 Å². The summed E-state index contributed by atoms with van der Waals surface area (Å²) < 4.78 is 6.30. The highest BCUT2D eigenvalue weighted by Gasteiger charge is 2.24. The third-order valence-corrected chi connectivity index (χ3v) is 5.08. The first-order chi connectivity index (χ1) is 12.2. The Labute approximate surface area is 154 Å². The number of carbonyl (C=O) groups is 1. The number of nitrogens with zero attached hydrogens (tertiary/aromatic N) is 4. The molecule has 0 atom stereocenters. The number of ether oxygens (including phenoxy) is 1. The molecular weight excluding hydrogens is 384 g/mol. The summed E-state index contributed by atoms with van der Waals surface area (Å²) in [4.78, 5) is 26.0. The van der Waals surface area contributed by atoms with Crippen LogP contribution >= 0.6 is 15.9 Å². The molecule has 1 saturated heterocycles. The Morgan fingerprint density at radius 3 is 2.84 bits per heavy atom. The molecule has 0 unspecified atom stereocenters. The van der Waals surface area contributed by atoms with Crippen LogP contribution in [0.5, 0.6) is 0 Å². The lowest BCUT2D eigenvalue weighted by atomic mass is 10.1. The Morgan fingerprint density at radius 1 is 1.20 bits per heavy atom. The van der Waals surface area contributed by atoms with Gasteiger partial charge in [0.2, 0.25) is 5.95 Å². The molecule has 0 saturated carbocycles. The van der Waals surface area contributed by atoms with Crippen LogP contribution in [-0.4, -0.2) is 53.6 Å². The van der Waals surface area contributed by atoms with Crippen molar-refractivity contribution in [3.05, 3.63) is 51.8 Å². The van der Waals surface area contributed by atoms with E-state index in [1.54, 1.807) is 0 Å². The summed E-state index contributed by atoms with van der Waals surface area (Å²) in [6, 6.07) is 7.51. The number of hydrogen-bond donors (Lipinski definition) is 0. The van der Waals surface area contributed by atoms with Crippen LogP contribution in [0.25, 0.3) is 0 Å². The topological polar surface area (TPSA) is 58.6 Å². The van der Waals surface area contributed by atoms with Gasteiger partial charge >= 0.3 is 0 Å². The van der Waals surface area contributed by atoms with Crippen molar-refractivity contribution in [2.45, 2.75) is 13.0 Å². The minimum Gasteiger partial charge on any atom is -0.378 e. The average molecular weight is 403 g/mol. The zero-order chi connectivity index (χ0) is 17.2. The Balaban J connectivity index is 1.54. The smallest absolute Gasteiger partial charge is 0.254 e. The zero-order valence-electron chi connectivity index (χ0n) is 13.8. The van der Waals surface area contributed by atoms with Gasteiger partial charge < -0.3 is 14.5 Å². The normalized spacial score (nSPS) is 17.3. The van der Waals surface area contributed by atoms with Crippen molar-refractivity contribution in [2.24, 2.45) is 0 Å². The van der Waals surface area contributed by atoms with E-state index in [1.165, 1.54) is 0 Å². The zero-order valence-corrected chi connectivity index (χ0v) is 15.4. The molecule has 0 N–H and O–H groups in total. The van der Waals surface area contributed by atoms with Crippen LogP contribution in [0.15, 0.2) is 34.9 Å². The highest BCUT2D eigenvalue weighted by Crippen LogP contribution is 2.22. The summed E-state index contributed by atoms with van der Waals surface area (Å²) in [5.74, 6) is 0.775. The van der Waals surface area contributed by atoms with Gasteiger partial charge in [-0.1, -0.05) is 22.0 Å². The summed E-state index contributed by atoms with van der Waals surface area (Å²) in [6.07, 6.45) is 2.70. The van der Waals surface area contributed by atoms with Crippen LogP contribution in [0.2, 0.25) is 0 Å². The number of benzene rings is 1.